The average Bonchev–Trinajstić information content (AvgIpc) is 2.81. The number of rotatable bonds is 2. The van der Waals surface area contributed by atoms with E-state index in [4.69, 9.17) is 27.9 Å². The molecular formula is C18H23Cl2N3O3. The minimum atomic E-state index is -0.518. The summed E-state index contributed by atoms with van der Waals surface area (Å²) in [7, 11) is 0. The highest BCUT2D eigenvalue weighted by molar-refractivity contribution is 6.35. The highest BCUT2D eigenvalue weighted by Crippen LogP contribution is 2.33. The lowest BCUT2D eigenvalue weighted by Crippen LogP contribution is -2.59. The van der Waals surface area contributed by atoms with Gasteiger partial charge in [-0.05, 0) is 38.5 Å². The van der Waals surface area contributed by atoms with Crippen molar-refractivity contribution in [3.05, 3.63) is 33.8 Å². The zero-order chi connectivity index (χ0) is 19.1. The minimum absolute atomic E-state index is 0.0368. The van der Waals surface area contributed by atoms with Crippen LogP contribution in [0.1, 0.15) is 26.3 Å². The number of nitrogens with one attached hydrogen (secondary N) is 1. The number of ether oxygens (including phenoxy) is 1. The fraction of sp³-hybridized carbons (Fsp3) is 0.556. The second kappa shape index (κ2) is 7.16. The Morgan fingerprint density at radius 1 is 1.23 bits per heavy atom. The third-order valence-electron chi connectivity index (χ3n) is 4.60. The summed E-state index contributed by atoms with van der Waals surface area (Å²) in [6.07, 6.45) is -0.311. The zero-order valence-electron chi connectivity index (χ0n) is 15.1. The summed E-state index contributed by atoms with van der Waals surface area (Å²) in [5, 5.41) is 3.96. The molecule has 142 valence electrons. The van der Waals surface area contributed by atoms with Gasteiger partial charge in [0.2, 0.25) is 0 Å². The topological polar surface area (TPSA) is 61.9 Å². The van der Waals surface area contributed by atoms with E-state index in [1.54, 1.807) is 28.0 Å². The number of halogens is 2. The Balaban J connectivity index is 1.51. The number of fused-ring (bicyclic) bond motifs is 1. The first kappa shape index (κ1) is 19.1. The van der Waals surface area contributed by atoms with Crippen LogP contribution in [-0.4, -0.2) is 53.2 Å². The second-order valence-corrected chi connectivity index (χ2v) is 8.60. The summed E-state index contributed by atoms with van der Waals surface area (Å²) in [6.45, 7) is 7.66. The van der Waals surface area contributed by atoms with Crippen LogP contribution in [0.5, 0.6) is 0 Å². The molecule has 6 nitrogen and oxygen atoms in total. The summed E-state index contributed by atoms with van der Waals surface area (Å²) in [4.78, 5) is 28.1. The van der Waals surface area contributed by atoms with Crippen molar-refractivity contribution in [2.75, 3.05) is 19.6 Å². The Kier molecular flexibility index (Phi) is 5.26. The smallest absolute Gasteiger partial charge is 0.410 e. The minimum Gasteiger partial charge on any atom is -0.444 e. The molecule has 2 aliphatic heterocycles. The number of amides is 3. The van der Waals surface area contributed by atoms with Crippen LogP contribution in [0.3, 0.4) is 0 Å². The number of carbonyl (C=O) groups is 2. The lowest BCUT2D eigenvalue weighted by Gasteiger charge is -2.43. The summed E-state index contributed by atoms with van der Waals surface area (Å²) >= 11 is 12.0. The summed E-state index contributed by atoms with van der Waals surface area (Å²) < 4.78 is 5.42. The Morgan fingerprint density at radius 3 is 2.62 bits per heavy atom. The van der Waals surface area contributed by atoms with Crippen molar-refractivity contribution in [3.63, 3.8) is 0 Å². The van der Waals surface area contributed by atoms with E-state index < -0.39 is 5.60 Å². The molecule has 26 heavy (non-hydrogen) atoms. The van der Waals surface area contributed by atoms with Crippen LogP contribution >= 0.6 is 23.2 Å². The molecule has 2 unspecified atom stereocenters. The Labute approximate surface area is 163 Å². The van der Waals surface area contributed by atoms with E-state index >= 15 is 0 Å². The van der Waals surface area contributed by atoms with Crippen LogP contribution in [0.4, 0.5) is 9.59 Å². The molecule has 0 aliphatic carbocycles. The maximum atomic E-state index is 12.4. The molecule has 2 aliphatic rings. The van der Waals surface area contributed by atoms with Crippen molar-refractivity contribution in [3.8, 4) is 0 Å². The van der Waals surface area contributed by atoms with E-state index in [9.17, 15) is 9.59 Å². The van der Waals surface area contributed by atoms with Gasteiger partial charge in [-0.1, -0.05) is 29.3 Å². The predicted octanol–water partition coefficient (Wildman–Crippen LogP) is 3.75. The summed E-state index contributed by atoms with van der Waals surface area (Å²) in [5.41, 5.74) is 0.289. The highest BCUT2D eigenvalue weighted by atomic mass is 35.5. The van der Waals surface area contributed by atoms with Crippen molar-refractivity contribution < 1.29 is 14.3 Å². The van der Waals surface area contributed by atoms with Gasteiger partial charge >= 0.3 is 12.1 Å². The number of carbonyl (C=O) groups excluding carboxylic acids is 2. The van der Waals surface area contributed by atoms with Gasteiger partial charge in [0, 0.05) is 42.1 Å². The van der Waals surface area contributed by atoms with Gasteiger partial charge in [-0.3, -0.25) is 0 Å². The first-order valence-corrected chi connectivity index (χ1v) is 9.36. The van der Waals surface area contributed by atoms with Crippen LogP contribution < -0.4 is 5.32 Å². The van der Waals surface area contributed by atoms with Crippen molar-refractivity contribution in [2.24, 2.45) is 5.92 Å². The number of hydrogen-bond donors (Lipinski definition) is 1. The zero-order valence-corrected chi connectivity index (χ0v) is 16.6. The maximum Gasteiger partial charge on any atom is 0.410 e. The number of likely N-dealkylation sites (tertiary alicyclic amines) is 2. The fourth-order valence-corrected chi connectivity index (χ4v) is 3.76. The maximum absolute atomic E-state index is 12.4. The van der Waals surface area contributed by atoms with Gasteiger partial charge in [-0.25, -0.2) is 9.59 Å². The van der Waals surface area contributed by atoms with Gasteiger partial charge in [-0.2, -0.15) is 0 Å². The van der Waals surface area contributed by atoms with Gasteiger partial charge in [0.25, 0.3) is 0 Å². The molecule has 0 spiro atoms. The SMILES string of the molecule is CC(C)(C)OC(=O)N1CC2CN(C(=O)NCc3ccc(Cl)cc3Cl)CC21. The number of hydrogen-bond acceptors (Lipinski definition) is 3. The lowest BCUT2D eigenvalue weighted by molar-refractivity contribution is -0.0164. The molecule has 3 rings (SSSR count). The average molecular weight is 400 g/mol. The van der Waals surface area contributed by atoms with Crippen molar-refractivity contribution in [1.29, 1.82) is 0 Å². The molecule has 1 N–H and O–H groups in total. The van der Waals surface area contributed by atoms with E-state index in [0.29, 0.717) is 42.1 Å². The van der Waals surface area contributed by atoms with Crippen molar-refractivity contribution in [1.82, 2.24) is 15.1 Å². The van der Waals surface area contributed by atoms with E-state index in [0.717, 1.165) is 5.56 Å². The van der Waals surface area contributed by atoms with Gasteiger partial charge in [0.05, 0.1) is 6.04 Å². The van der Waals surface area contributed by atoms with E-state index in [2.05, 4.69) is 5.32 Å². The van der Waals surface area contributed by atoms with Gasteiger partial charge in [0.15, 0.2) is 0 Å². The standard InChI is InChI=1S/C18H23Cl2N3O3/c1-18(2,3)26-17(25)23-9-12-8-22(10-15(12)23)16(24)21-7-11-4-5-13(19)6-14(11)20/h4-6,12,15H,7-10H2,1-3H3,(H,21,24). The Bertz CT molecular complexity index is 720. The van der Waals surface area contributed by atoms with Crippen LogP contribution in [0, 0.1) is 5.92 Å². The first-order valence-electron chi connectivity index (χ1n) is 8.60. The van der Waals surface area contributed by atoms with Gasteiger partial charge < -0.3 is 19.9 Å². The van der Waals surface area contributed by atoms with Crippen LogP contribution in [-0.2, 0) is 11.3 Å². The Morgan fingerprint density at radius 2 is 1.96 bits per heavy atom. The lowest BCUT2D eigenvalue weighted by atomic mass is 9.93. The molecule has 2 heterocycles. The molecule has 2 saturated heterocycles. The molecule has 0 aromatic heterocycles. The molecule has 2 atom stereocenters. The first-order chi connectivity index (χ1) is 12.1. The number of nitrogens with zero attached hydrogens (tertiary/aromatic N) is 2. The second-order valence-electron chi connectivity index (χ2n) is 7.76. The van der Waals surface area contributed by atoms with Gasteiger partial charge in [0.1, 0.15) is 5.60 Å². The molecular weight excluding hydrogens is 377 g/mol. The molecule has 3 amide bonds. The predicted molar refractivity (Wildman–Crippen MR) is 100 cm³/mol. The third-order valence-corrected chi connectivity index (χ3v) is 5.19. The van der Waals surface area contributed by atoms with Crippen molar-refractivity contribution >= 4 is 35.3 Å². The quantitative estimate of drug-likeness (QED) is 0.823. The molecule has 8 heteroatoms. The van der Waals surface area contributed by atoms with Gasteiger partial charge in [-0.15, -0.1) is 0 Å². The molecule has 2 fully saturated rings. The van der Waals surface area contributed by atoms with E-state index in [1.165, 1.54) is 0 Å². The third kappa shape index (κ3) is 4.18. The summed E-state index contributed by atoms with van der Waals surface area (Å²) in [6, 6.07) is 5.07. The van der Waals surface area contributed by atoms with Crippen LogP contribution in [0.2, 0.25) is 10.0 Å². The number of urea groups is 1. The summed E-state index contributed by atoms with van der Waals surface area (Å²) in [5.74, 6) is 0.312. The molecule has 0 saturated carbocycles. The fourth-order valence-electron chi connectivity index (χ4n) is 3.28. The molecule has 0 bridgehead atoms. The normalized spacial score (nSPS) is 21.9. The molecule has 0 radical (unpaired) electrons. The van der Waals surface area contributed by atoms with Crippen molar-refractivity contribution in [2.45, 2.75) is 39.0 Å². The van der Waals surface area contributed by atoms with E-state index in [1.807, 2.05) is 20.8 Å². The van der Waals surface area contributed by atoms with Crippen LogP contribution in [0.15, 0.2) is 18.2 Å². The number of benzene rings is 1. The van der Waals surface area contributed by atoms with E-state index in [-0.39, 0.29) is 18.2 Å². The molecule has 1 aromatic carbocycles. The highest BCUT2D eigenvalue weighted by Gasteiger charge is 2.50. The molecule has 1 aromatic rings. The van der Waals surface area contributed by atoms with Crippen LogP contribution in [0.25, 0.3) is 0 Å². The Hall–Kier alpha value is -1.66. The largest absolute Gasteiger partial charge is 0.444 e. The monoisotopic (exact) mass is 399 g/mol.